The molecule has 4 saturated carbocycles. The third-order valence-electron chi connectivity index (χ3n) is 21.7. The molecule has 94 heavy (non-hydrogen) atoms. The highest BCUT2D eigenvalue weighted by molar-refractivity contribution is 6.41. The minimum absolute atomic E-state index is 0.0221. The Labute approximate surface area is 554 Å². The first-order valence-corrected chi connectivity index (χ1v) is 34.2. The summed E-state index contributed by atoms with van der Waals surface area (Å²) < 4.78 is 0. The number of anilines is 6. The number of aryl methyl sites for hydroxylation is 6. The first kappa shape index (κ1) is 57.6. The number of hydrogen-bond donors (Lipinski definition) is 0. The summed E-state index contributed by atoms with van der Waals surface area (Å²) in [6, 6.07) is 100. The number of benzene rings is 14. The Morgan fingerprint density at radius 2 is 0.670 bits per heavy atom. The molecule has 0 aromatic heterocycles. The van der Waals surface area contributed by atoms with Crippen LogP contribution in [-0.4, -0.2) is 0 Å². The Hall–Kier alpha value is -10.3. The molecule has 4 aliphatic carbocycles. The molecular weight excluding hydrogens is 1130 g/mol. The fourth-order valence-electron chi connectivity index (χ4n) is 17.6. The largest absolute Gasteiger partial charge is 0.308 e. The molecule has 0 atom stereocenters. The van der Waals surface area contributed by atoms with Gasteiger partial charge in [-0.1, -0.05) is 240 Å². The van der Waals surface area contributed by atoms with E-state index in [9.17, 15) is 0 Å². The van der Waals surface area contributed by atoms with Crippen LogP contribution in [0.4, 0.5) is 34.1 Å². The van der Waals surface area contributed by atoms with Crippen LogP contribution in [0, 0.1) is 59.3 Å². The maximum atomic E-state index is 2.68. The molecule has 4 fully saturated rings. The van der Waals surface area contributed by atoms with Crippen molar-refractivity contribution in [1.82, 2.24) is 0 Å². The average Bonchev–Trinajstić information content (AvgIpc) is 0.676. The lowest BCUT2D eigenvalue weighted by Crippen LogP contribution is -2.48. The van der Waals surface area contributed by atoms with E-state index in [0.717, 1.165) is 57.3 Å². The summed E-state index contributed by atoms with van der Waals surface area (Å²) in [4.78, 5) is 5.30. The fourth-order valence-corrected chi connectivity index (χ4v) is 17.6. The van der Waals surface area contributed by atoms with Crippen LogP contribution in [0.2, 0.25) is 0 Å². The fraction of sp³-hybridized carbons (Fsp3) is 0.174. The van der Waals surface area contributed by atoms with Crippen molar-refractivity contribution in [3.63, 3.8) is 0 Å². The molecule has 0 unspecified atom stereocenters. The Morgan fingerprint density at radius 1 is 0.319 bits per heavy atom. The number of nitrogens with zero attached hydrogens (tertiary/aromatic N) is 2. The zero-order valence-electron chi connectivity index (χ0n) is 54.8. The molecule has 0 amide bonds. The van der Waals surface area contributed by atoms with E-state index in [1.165, 1.54) is 165 Å². The van der Waals surface area contributed by atoms with Gasteiger partial charge in [0.2, 0.25) is 0 Å². The second kappa shape index (κ2) is 23.1. The number of hydrogen-bond acceptors (Lipinski definition) is 2. The predicted octanol–water partition coefficient (Wildman–Crippen LogP) is 25.3. The summed E-state index contributed by atoms with van der Waals surface area (Å²) in [6.07, 6.45) is 12.5. The van der Waals surface area contributed by atoms with E-state index >= 15 is 0 Å². The lowest BCUT2D eigenvalue weighted by Gasteiger charge is -2.57. The van der Waals surface area contributed by atoms with Gasteiger partial charge in [-0.15, -0.1) is 0 Å². The molecule has 4 bridgehead atoms. The molecule has 0 aliphatic heterocycles. The number of fused-ring (bicyclic) bond motifs is 4. The van der Waals surface area contributed by atoms with Gasteiger partial charge in [0, 0.05) is 33.5 Å². The maximum absolute atomic E-state index is 2.68. The number of rotatable bonds is 13. The SMILES string of the molecule is Cc1ccc(C(=Cc2ccc(N(c3ccc(C)cc3)c3cc4c5cccc6cccc(c65)c5c6ccccc6c(C67CC8CC(CC(C8)C6)C7)c(c3N(c3ccc(C)cc3)c3ccc(C=C(c6ccc(C)cc6)c6ccc(C)cc6)cc3)c45)cc2)c2ccc(C)cc2)cc1. The molecule has 2 heteroatoms. The molecular formula is C92H78N2. The summed E-state index contributed by atoms with van der Waals surface area (Å²) in [5.74, 6) is 2.17. The predicted molar refractivity (Wildman–Crippen MR) is 403 cm³/mol. The lowest BCUT2D eigenvalue weighted by molar-refractivity contribution is -0.00381. The zero-order chi connectivity index (χ0) is 63.3. The molecule has 0 radical (unpaired) electrons. The lowest BCUT2D eigenvalue weighted by atomic mass is 9.47. The van der Waals surface area contributed by atoms with E-state index in [1.54, 1.807) is 5.56 Å². The van der Waals surface area contributed by atoms with Crippen LogP contribution in [0.1, 0.15) is 111 Å². The molecule has 2 nitrogen and oxygen atoms in total. The second-order valence-corrected chi connectivity index (χ2v) is 28.3. The van der Waals surface area contributed by atoms with Gasteiger partial charge in [-0.2, -0.15) is 0 Å². The normalized spacial score (nSPS) is 17.4. The third kappa shape index (κ3) is 10.1. The van der Waals surface area contributed by atoms with Gasteiger partial charge in [0.25, 0.3) is 0 Å². The van der Waals surface area contributed by atoms with Crippen LogP contribution in [0.25, 0.3) is 77.2 Å². The van der Waals surface area contributed by atoms with Crippen molar-refractivity contribution in [2.75, 3.05) is 9.80 Å². The van der Waals surface area contributed by atoms with E-state index < -0.39 is 0 Å². The molecule has 456 valence electrons. The van der Waals surface area contributed by atoms with Gasteiger partial charge in [-0.3, -0.25) is 0 Å². The average molecular weight is 1210 g/mol. The minimum atomic E-state index is -0.0221. The molecule has 18 rings (SSSR count). The molecule has 0 saturated heterocycles. The van der Waals surface area contributed by atoms with E-state index in [2.05, 4.69) is 324 Å². The van der Waals surface area contributed by atoms with Crippen molar-refractivity contribution in [2.45, 2.75) is 85.5 Å². The van der Waals surface area contributed by atoms with E-state index in [4.69, 9.17) is 0 Å². The summed E-state index contributed by atoms with van der Waals surface area (Å²) >= 11 is 0. The standard InChI is InChI=1S/C92H78N2/c1-58-17-33-69(34-18-58)82(70-35-19-59(2)20-36-70)52-64-29-45-75(46-30-64)93(74-41-25-62(5)26-42-74)85-54-84-79-15-9-11-73-12-10-16-81(86(73)79)87-78-13-7-8-14-80(78)90(92-55-66-49-67(56-92)51-68(50-66)57-92)89(88(84)87)91(85)94(76-43-27-63(6)28-44-76)77-47-31-65(32-48-77)53-83(71-37-21-60(3)22-38-71)72-39-23-61(4)24-40-72/h7-48,52-54,66-68H,49-51,55-57H2,1-6H3. The zero-order valence-corrected chi connectivity index (χ0v) is 54.8. The van der Waals surface area contributed by atoms with Gasteiger partial charge in [-0.05, 0) is 263 Å². The van der Waals surface area contributed by atoms with Crippen molar-refractivity contribution in [3.05, 3.63) is 333 Å². The highest BCUT2D eigenvalue weighted by Crippen LogP contribution is 2.66. The van der Waals surface area contributed by atoms with Gasteiger partial charge in [0.1, 0.15) is 0 Å². The van der Waals surface area contributed by atoms with Gasteiger partial charge in [0.05, 0.1) is 11.4 Å². The molecule has 0 heterocycles. The van der Waals surface area contributed by atoms with Gasteiger partial charge in [-0.25, -0.2) is 0 Å². The molecule has 4 aliphatic rings. The molecule has 0 spiro atoms. The Morgan fingerprint density at radius 3 is 1.10 bits per heavy atom. The first-order chi connectivity index (χ1) is 46.0. The van der Waals surface area contributed by atoms with E-state index in [0.29, 0.717) is 0 Å². The van der Waals surface area contributed by atoms with Crippen LogP contribution in [0.3, 0.4) is 0 Å². The monoisotopic (exact) mass is 1210 g/mol. The van der Waals surface area contributed by atoms with Crippen molar-refractivity contribution < 1.29 is 0 Å². The van der Waals surface area contributed by atoms with Crippen molar-refractivity contribution in [2.24, 2.45) is 17.8 Å². The highest BCUT2D eigenvalue weighted by atomic mass is 15.2. The van der Waals surface area contributed by atoms with Gasteiger partial charge < -0.3 is 9.80 Å². The molecule has 0 N–H and O–H groups in total. The summed E-state index contributed by atoms with van der Waals surface area (Å²) in [5, 5.41) is 13.4. The Balaban J connectivity index is 0.995. The van der Waals surface area contributed by atoms with Crippen LogP contribution < -0.4 is 9.80 Å². The quantitative estimate of drug-likeness (QED) is 0.0645. The van der Waals surface area contributed by atoms with Crippen molar-refractivity contribution in [3.8, 4) is 0 Å². The van der Waals surface area contributed by atoms with E-state index in [1.807, 2.05) is 0 Å². The van der Waals surface area contributed by atoms with Crippen molar-refractivity contribution in [1.29, 1.82) is 0 Å². The Kier molecular flexibility index (Phi) is 14.1. The highest BCUT2D eigenvalue weighted by Gasteiger charge is 2.53. The van der Waals surface area contributed by atoms with Crippen LogP contribution in [0.5, 0.6) is 0 Å². The third-order valence-corrected chi connectivity index (χ3v) is 21.7. The summed E-state index contributed by atoms with van der Waals surface area (Å²) in [7, 11) is 0. The summed E-state index contributed by atoms with van der Waals surface area (Å²) in [5.41, 5.74) is 25.3. The minimum Gasteiger partial charge on any atom is -0.308 e. The second-order valence-electron chi connectivity index (χ2n) is 28.3. The Bertz CT molecular complexity index is 5130. The van der Waals surface area contributed by atoms with Crippen LogP contribution in [0.15, 0.2) is 261 Å². The topological polar surface area (TPSA) is 6.48 Å². The smallest absolute Gasteiger partial charge is 0.0785 e. The van der Waals surface area contributed by atoms with Gasteiger partial charge in [0.15, 0.2) is 0 Å². The molecule has 14 aromatic rings. The van der Waals surface area contributed by atoms with Crippen LogP contribution in [-0.2, 0) is 5.41 Å². The maximum Gasteiger partial charge on any atom is 0.0785 e. The first-order valence-electron chi connectivity index (χ1n) is 34.2. The summed E-state index contributed by atoms with van der Waals surface area (Å²) in [6.45, 7) is 13.1. The van der Waals surface area contributed by atoms with E-state index in [-0.39, 0.29) is 5.41 Å². The van der Waals surface area contributed by atoms with Crippen molar-refractivity contribution >= 4 is 111 Å². The van der Waals surface area contributed by atoms with Crippen LogP contribution >= 0.6 is 0 Å². The molecule has 14 aromatic carbocycles. The van der Waals surface area contributed by atoms with Gasteiger partial charge >= 0.3 is 0 Å².